The first kappa shape index (κ1) is 38.3. The lowest BCUT2D eigenvalue weighted by Crippen LogP contribution is -2.67. The molecule has 282 valence electrons. The molecule has 7 N–H and O–H groups in total. The van der Waals surface area contributed by atoms with Gasteiger partial charge in [-0.25, -0.2) is 19.1 Å². The van der Waals surface area contributed by atoms with Crippen LogP contribution in [0.25, 0.3) is 0 Å². The van der Waals surface area contributed by atoms with E-state index in [4.69, 9.17) is 26.7 Å². The van der Waals surface area contributed by atoms with E-state index >= 15 is 0 Å². The van der Waals surface area contributed by atoms with Gasteiger partial charge in [0.1, 0.15) is 27.5 Å². The van der Waals surface area contributed by atoms with Crippen LogP contribution in [0.4, 0.5) is 5.13 Å². The van der Waals surface area contributed by atoms with Crippen LogP contribution in [-0.2, 0) is 29.5 Å². The van der Waals surface area contributed by atoms with Gasteiger partial charge in [0.15, 0.2) is 16.6 Å². The van der Waals surface area contributed by atoms with Gasteiger partial charge >= 0.3 is 22.2 Å². The summed E-state index contributed by atoms with van der Waals surface area (Å²) < 4.78 is 38.8. The number of halogens is 1. The molecule has 0 spiro atoms. The number of aliphatic imine (C=N–C) groups is 1. The zero-order chi connectivity index (χ0) is 39.2. The highest BCUT2D eigenvalue weighted by Gasteiger charge is 2.51. The summed E-state index contributed by atoms with van der Waals surface area (Å²) in [5.41, 5.74) is 0.595. The molecule has 2 fully saturated rings. The maximum atomic E-state index is 13.3. The Hall–Kier alpha value is -5.92. The molecule has 0 unspecified atom stereocenters. The Morgan fingerprint density at radius 3 is 2.57 bits per heavy atom. The summed E-state index contributed by atoms with van der Waals surface area (Å²) in [5.74, 6) is -7.69. The van der Waals surface area contributed by atoms with E-state index < -0.39 is 104 Å². The van der Waals surface area contributed by atoms with E-state index in [0.717, 1.165) is 19.9 Å². The number of nitrogens with two attached hydrogens (primary N) is 1. The number of carboxylic acid groups (broad SMARTS) is 1. The van der Waals surface area contributed by atoms with Gasteiger partial charge in [0.05, 0.1) is 11.9 Å². The van der Waals surface area contributed by atoms with Crippen molar-refractivity contribution >= 4 is 79.4 Å². The van der Waals surface area contributed by atoms with E-state index in [-0.39, 0.29) is 32.6 Å². The van der Waals surface area contributed by atoms with Crippen molar-refractivity contribution in [3.05, 3.63) is 55.7 Å². The zero-order valence-corrected chi connectivity index (χ0v) is 29.4. The molecule has 53 heavy (non-hydrogen) atoms. The lowest BCUT2D eigenvalue weighted by molar-refractivity contribution is -0.161. The fraction of sp³-hybridized carbons (Fsp3) is 0.333. The van der Waals surface area contributed by atoms with Crippen LogP contribution in [0, 0.1) is 0 Å². The molecule has 4 amide bonds. The maximum absolute atomic E-state index is 13.3. The second-order valence-electron chi connectivity index (χ2n) is 11.7. The smallest absolute Gasteiger partial charge is 0.363 e. The number of β-lactam (4-membered cyclic amide) rings is 1. The number of carbonyl (C=O) groups excluding carboxylic acids is 4. The number of amides is 4. The monoisotopic (exact) mass is 799 g/mol. The standard InChI is InChI=1S/C27H26ClN9O14S2/c1-27(2,25(44)45)51-34-19(18-20(28)52-26(29)32-18)22(41)31-17-13(37(24(17)43)53(47,48)49)7-30-21(40)16-5-11(33-50-16)10-3-4-35(8-10)23(42)12-6-14(38)15(39)9-36(12)46/h5-6,9-10,13,39,46H,3-4,7-8H2,1-2H3,(H2,29,32)(H,30,40)(H,44,45)(H,47,48,49)/b31-17-,34-19-/t10-,13+/m1/s1. The molecule has 0 saturated carbocycles. The summed E-state index contributed by atoms with van der Waals surface area (Å²) in [4.78, 5) is 88.9. The highest BCUT2D eigenvalue weighted by atomic mass is 35.5. The predicted molar refractivity (Wildman–Crippen MR) is 177 cm³/mol. The van der Waals surface area contributed by atoms with Gasteiger partial charge in [0.2, 0.25) is 16.8 Å². The van der Waals surface area contributed by atoms with Crippen LogP contribution < -0.4 is 16.5 Å². The van der Waals surface area contributed by atoms with Crippen LogP contribution >= 0.6 is 22.9 Å². The van der Waals surface area contributed by atoms with Gasteiger partial charge in [0, 0.05) is 37.7 Å². The fourth-order valence-corrected chi connectivity index (χ4v) is 6.63. The molecule has 5 rings (SSSR count). The van der Waals surface area contributed by atoms with Crippen molar-refractivity contribution in [2.75, 3.05) is 25.4 Å². The van der Waals surface area contributed by atoms with E-state index in [1.807, 2.05) is 0 Å². The van der Waals surface area contributed by atoms with Crippen molar-refractivity contribution in [2.45, 2.75) is 37.8 Å². The number of oxime groups is 1. The summed E-state index contributed by atoms with van der Waals surface area (Å²) in [7, 11) is -5.25. The normalized spacial score (nSPS) is 18.6. The van der Waals surface area contributed by atoms with Crippen molar-refractivity contribution in [3.63, 3.8) is 0 Å². The molecule has 2 atom stereocenters. The lowest BCUT2D eigenvalue weighted by Gasteiger charge is -2.37. The predicted octanol–water partition coefficient (Wildman–Crippen LogP) is -0.904. The van der Waals surface area contributed by atoms with Gasteiger partial charge in [-0.05, 0) is 20.3 Å². The van der Waals surface area contributed by atoms with Gasteiger partial charge in [-0.15, -0.1) is 0 Å². The summed E-state index contributed by atoms with van der Waals surface area (Å²) in [6.07, 6.45) is 1.01. The van der Waals surface area contributed by atoms with Gasteiger partial charge in [0.25, 0.3) is 17.7 Å². The molecule has 2 aliphatic rings. The summed E-state index contributed by atoms with van der Waals surface area (Å²) in [6.45, 7) is 1.63. The summed E-state index contributed by atoms with van der Waals surface area (Å²) in [6, 6.07) is 0.247. The topological polar surface area (TPSA) is 340 Å². The van der Waals surface area contributed by atoms with E-state index in [1.165, 1.54) is 11.0 Å². The number of rotatable bonds is 11. The number of carbonyl (C=O) groups is 5. The third-order valence-electron chi connectivity index (χ3n) is 7.73. The van der Waals surface area contributed by atoms with Gasteiger partial charge < -0.3 is 40.7 Å². The number of hydrogen-bond acceptors (Lipinski definition) is 17. The molecule has 0 aromatic carbocycles. The lowest BCUT2D eigenvalue weighted by atomic mass is 10.0. The number of aromatic hydroxyl groups is 1. The largest absolute Gasteiger partial charge is 0.503 e. The molecular formula is C27H26ClN9O14S2. The number of carboxylic acids is 1. The average molecular weight is 800 g/mol. The van der Waals surface area contributed by atoms with Crippen LogP contribution in [0.5, 0.6) is 5.75 Å². The molecule has 5 heterocycles. The second kappa shape index (κ2) is 14.2. The van der Waals surface area contributed by atoms with Crippen LogP contribution in [0.3, 0.4) is 0 Å². The van der Waals surface area contributed by atoms with E-state index in [0.29, 0.717) is 28.7 Å². The number of thiazole rings is 1. The van der Waals surface area contributed by atoms with Crippen LogP contribution in [0.15, 0.2) is 37.8 Å². The molecule has 3 aromatic rings. The number of aromatic nitrogens is 3. The molecule has 26 heteroatoms. The molecular weight excluding hydrogens is 774 g/mol. The minimum absolute atomic E-state index is 0.0334. The first-order chi connectivity index (χ1) is 24.7. The van der Waals surface area contributed by atoms with Crippen molar-refractivity contribution in [2.24, 2.45) is 10.1 Å². The SMILES string of the molecule is CC(C)(O/N=C(\C(=O)/N=C1\C(=O)N(S(=O)(=O)O)[C@H]1CNC(=O)c1cc([C@@H]2CCN(C(=O)c3cc(=O)c(O)cn3O)C2)no1)c1nc(N)sc1Cl)C(=O)O. The summed E-state index contributed by atoms with van der Waals surface area (Å²) >= 11 is 6.80. The van der Waals surface area contributed by atoms with Crippen LogP contribution in [0.1, 0.15) is 58.6 Å². The first-order valence-electron chi connectivity index (χ1n) is 14.7. The minimum Gasteiger partial charge on any atom is -0.503 e. The van der Waals surface area contributed by atoms with Crippen LogP contribution in [0.2, 0.25) is 4.34 Å². The molecule has 3 aromatic heterocycles. The van der Waals surface area contributed by atoms with Gasteiger partial charge in [-0.2, -0.15) is 13.1 Å². The molecule has 0 radical (unpaired) electrons. The van der Waals surface area contributed by atoms with E-state index in [9.17, 15) is 57.2 Å². The number of anilines is 1. The molecule has 2 aliphatic heterocycles. The Kier molecular flexibility index (Phi) is 10.3. The second-order valence-corrected chi connectivity index (χ2v) is 14.7. The van der Waals surface area contributed by atoms with Crippen LogP contribution in [-0.4, -0.2) is 125 Å². The number of aliphatic carboxylic acids is 1. The van der Waals surface area contributed by atoms with E-state index in [1.54, 1.807) is 0 Å². The Balaban J connectivity index is 1.31. The number of nitrogens with zero attached hydrogens (tertiary/aromatic N) is 7. The minimum atomic E-state index is -5.25. The number of nitrogens with one attached hydrogen (secondary N) is 1. The van der Waals surface area contributed by atoms with Crippen molar-refractivity contribution < 1.29 is 61.7 Å². The summed E-state index contributed by atoms with van der Waals surface area (Å²) in [5, 5.41) is 38.3. The third-order valence-corrected chi connectivity index (χ3v) is 9.73. The van der Waals surface area contributed by atoms with Gasteiger partial charge in [-0.3, -0.25) is 28.5 Å². The molecule has 23 nitrogen and oxygen atoms in total. The number of pyridine rings is 1. The van der Waals surface area contributed by atoms with Crippen molar-refractivity contribution in [1.29, 1.82) is 0 Å². The quantitative estimate of drug-likeness (QED) is 0.0450. The Morgan fingerprint density at radius 2 is 1.94 bits per heavy atom. The first-order valence-corrected chi connectivity index (χ1v) is 17.3. The zero-order valence-electron chi connectivity index (χ0n) is 27.0. The molecule has 0 bridgehead atoms. The highest BCUT2D eigenvalue weighted by molar-refractivity contribution is 7.84. The number of hydrogen-bond donors (Lipinski definition) is 6. The third kappa shape index (κ3) is 7.81. The Bertz CT molecular complexity index is 2280. The number of nitrogen functional groups attached to an aromatic ring is 1. The fourth-order valence-electron chi connectivity index (χ4n) is 4.90. The Labute approximate surface area is 304 Å². The highest BCUT2D eigenvalue weighted by Crippen LogP contribution is 2.30. The van der Waals surface area contributed by atoms with E-state index in [2.05, 4.69) is 25.6 Å². The molecule has 2 saturated heterocycles. The Morgan fingerprint density at radius 1 is 1.25 bits per heavy atom. The van der Waals surface area contributed by atoms with Crippen molar-refractivity contribution in [3.8, 4) is 5.75 Å². The van der Waals surface area contributed by atoms with Crippen molar-refractivity contribution in [1.82, 2.24) is 29.4 Å². The van der Waals surface area contributed by atoms with Gasteiger partial charge in [-0.1, -0.05) is 33.3 Å². The average Bonchev–Trinajstić information content (AvgIpc) is 3.82. The maximum Gasteiger partial charge on any atom is 0.363 e. The molecule has 0 aliphatic carbocycles. The number of likely N-dealkylation sites (tertiary alicyclic amines) is 1.